The number of nitrogens with one attached hydrogen (secondary N) is 2. The minimum absolute atomic E-state index is 0.376. The normalized spacial score (nSPS) is 25.2. The van der Waals surface area contributed by atoms with Crippen molar-refractivity contribution >= 4 is 6.21 Å². The Morgan fingerprint density at radius 3 is 2.80 bits per heavy atom. The van der Waals surface area contributed by atoms with Crippen LogP contribution in [0.5, 0.6) is 0 Å². The van der Waals surface area contributed by atoms with Crippen LogP contribution in [0.15, 0.2) is 16.9 Å². The molecule has 0 aromatic rings. The third-order valence-electron chi connectivity index (χ3n) is 2.47. The summed E-state index contributed by atoms with van der Waals surface area (Å²) in [5, 5.41) is 6.38. The molecule has 0 amide bonds. The summed E-state index contributed by atoms with van der Waals surface area (Å²) in [7, 11) is 6.04. The fourth-order valence-electron chi connectivity index (χ4n) is 1.51. The lowest BCUT2D eigenvalue weighted by Gasteiger charge is -2.32. The molecule has 4 N–H and O–H groups in total. The predicted molar refractivity (Wildman–Crippen MR) is 63.5 cm³/mol. The van der Waals surface area contributed by atoms with Crippen LogP contribution in [0.1, 0.15) is 12.8 Å². The molecule has 0 fully saturated rings. The number of hydrogen-bond acceptors (Lipinski definition) is 5. The quantitative estimate of drug-likeness (QED) is 0.583. The van der Waals surface area contributed by atoms with Gasteiger partial charge in [-0.25, -0.2) is 4.99 Å². The average molecular weight is 211 g/mol. The van der Waals surface area contributed by atoms with Crippen LogP contribution in [0.4, 0.5) is 0 Å². The fourth-order valence-corrected chi connectivity index (χ4v) is 1.51. The highest BCUT2D eigenvalue weighted by Gasteiger charge is 2.26. The molecule has 86 valence electrons. The second kappa shape index (κ2) is 5.14. The molecule has 0 saturated heterocycles. The van der Waals surface area contributed by atoms with Gasteiger partial charge in [0.05, 0.1) is 5.70 Å². The Labute approximate surface area is 91.4 Å². The van der Waals surface area contributed by atoms with Gasteiger partial charge in [-0.3, -0.25) is 5.32 Å². The van der Waals surface area contributed by atoms with E-state index < -0.39 is 0 Å². The lowest BCUT2D eigenvalue weighted by atomic mass is 10.1. The van der Waals surface area contributed by atoms with Gasteiger partial charge < -0.3 is 16.0 Å². The van der Waals surface area contributed by atoms with Crippen molar-refractivity contribution in [2.24, 2.45) is 10.7 Å². The van der Waals surface area contributed by atoms with Crippen LogP contribution in [0, 0.1) is 0 Å². The number of nitrogens with two attached hydrogens (primary N) is 1. The molecule has 5 heteroatoms. The highest BCUT2D eigenvalue weighted by atomic mass is 15.3. The van der Waals surface area contributed by atoms with Gasteiger partial charge in [-0.05, 0) is 34.1 Å². The van der Waals surface area contributed by atoms with E-state index in [2.05, 4.69) is 34.6 Å². The summed E-state index contributed by atoms with van der Waals surface area (Å²) in [4.78, 5) is 6.57. The van der Waals surface area contributed by atoms with Crippen molar-refractivity contribution in [2.45, 2.75) is 18.6 Å². The summed E-state index contributed by atoms with van der Waals surface area (Å²) >= 11 is 0. The molecule has 0 saturated carbocycles. The Kier molecular flexibility index (Phi) is 4.11. The molecule has 15 heavy (non-hydrogen) atoms. The predicted octanol–water partition coefficient (Wildman–Crippen LogP) is -0.324. The molecular weight excluding hydrogens is 190 g/mol. The third kappa shape index (κ3) is 3.53. The van der Waals surface area contributed by atoms with Crippen LogP contribution < -0.4 is 16.4 Å². The van der Waals surface area contributed by atoms with E-state index in [0.29, 0.717) is 5.70 Å². The van der Waals surface area contributed by atoms with Gasteiger partial charge in [-0.1, -0.05) is 0 Å². The van der Waals surface area contributed by atoms with Crippen LogP contribution in [0.2, 0.25) is 0 Å². The van der Waals surface area contributed by atoms with E-state index in [9.17, 15) is 0 Å². The zero-order chi connectivity index (χ0) is 11.3. The number of rotatable bonds is 5. The van der Waals surface area contributed by atoms with E-state index >= 15 is 0 Å². The van der Waals surface area contributed by atoms with Gasteiger partial charge in [-0.15, -0.1) is 0 Å². The smallest absolute Gasteiger partial charge is 0.184 e. The first-order valence-electron chi connectivity index (χ1n) is 5.20. The van der Waals surface area contributed by atoms with Crippen molar-refractivity contribution < 1.29 is 0 Å². The van der Waals surface area contributed by atoms with Gasteiger partial charge in [0, 0.05) is 18.8 Å². The van der Waals surface area contributed by atoms with E-state index in [1.165, 1.54) is 0 Å². The minimum atomic E-state index is -0.376. The maximum absolute atomic E-state index is 5.60. The van der Waals surface area contributed by atoms with Crippen LogP contribution >= 0.6 is 0 Å². The molecule has 0 aromatic carbocycles. The Bertz CT molecular complexity index is 259. The lowest BCUT2D eigenvalue weighted by Crippen LogP contribution is -2.53. The number of nitrogens with zero attached hydrogens (tertiary/aromatic N) is 2. The van der Waals surface area contributed by atoms with E-state index in [1.807, 2.05) is 7.05 Å². The Hall–Kier alpha value is -1.07. The van der Waals surface area contributed by atoms with Gasteiger partial charge in [-0.2, -0.15) is 0 Å². The van der Waals surface area contributed by atoms with Crippen LogP contribution in [0.25, 0.3) is 0 Å². The molecule has 0 aromatic heterocycles. The van der Waals surface area contributed by atoms with Crippen molar-refractivity contribution in [1.82, 2.24) is 15.5 Å². The number of allylic oxidation sites excluding steroid dienone is 1. The summed E-state index contributed by atoms with van der Waals surface area (Å²) in [5.41, 5.74) is 6.26. The summed E-state index contributed by atoms with van der Waals surface area (Å²) in [5.74, 6) is -0.376. The zero-order valence-corrected chi connectivity index (χ0v) is 9.75. The molecule has 0 bridgehead atoms. The van der Waals surface area contributed by atoms with E-state index in [1.54, 1.807) is 12.4 Å². The zero-order valence-electron chi connectivity index (χ0n) is 9.75. The standard InChI is InChI=1S/C10H21N5/c1-12-10(5-4-6-15(2)3)13-7-9(11)8-14-10/h7-8,12-13H,4-6,11H2,1-3H3. The molecular formula is C10H21N5. The first-order valence-corrected chi connectivity index (χ1v) is 5.20. The Morgan fingerprint density at radius 1 is 1.60 bits per heavy atom. The highest BCUT2D eigenvalue weighted by molar-refractivity contribution is 5.78. The van der Waals surface area contributed by atoms with E-state index in [4.69, 9.17) is 5.73 Å². The van der Waals surface area contributed by atoms with Crippen LogP contribution in [0.3, 0.4) is 0 Å². The topological polar surface area (TPSA) is 65.7 Å². The third-order valence-corrected chi connectivity index (χ3v) is 2.47. The molecule has 1 aliphatic heterocycles. The second-order valence-corrected chi connectivity index (χ2v) is 4.06. The number of hydrogen-bond donors (Lipinski definition) is 3. The minimum Gasteiger partial charge on any atom is -0.396 e. The molecule has 1 atom stereocenters. The monoisotopic (exact) mass is 211 g/mol. The van der Waals surface area contributed by atoms with Gasteiger partial charge in [0.2, 0.25) is 0 Å². The first kappa shape index (κ1) is 12.0. The van der Waals surface area contributed by atoms with Gasteiger partial charge in [0.25, 0.3) is 0 Å². The highest BCUT2D eigenvalue weighted by Crippen LogP contribution is 2.13. The summed E-state index contributed by atoms with van der Waals surface area (Å²) < 4.78 is 0. The molecule has 0 radical (unpaired) electrons. The molecule has 1 rings (SSSR count). The van der Waals surface area contributed by atoms with Crippen LogP contribution in [-0.4, -0.2) is 44.6 Å². The van der Waals surface area contributed by atoms with Crippen molar-refractivity contribution in [3.05, 3.63) is 11.9 Å². The van der Waals surface area contributed by atoms with Crippen LogP contribution in [-0.2, 0) is 0 Å². The van der Waals surface area contributed by atoms with Crippen molar-refractivity contribution in [1.29, 1.82) is 0 Å². The summed E-state index contributed by atoms with van der Waals surface area (Å²) in [6.45, 7) is 1.06. The SMILES string of the molecule is CNC1(CCCN(C)C)N=CC(N)=CN1. The van der Waals surface area contributed by atoms with Crippen molar-refractivity contribution in [2.75, 3.05) is 27.7 Å². The largest absolute Gasteiger partial charge is 0.396 e. The van der Waals surface area contributed by atoms with Crippen molar-refractivity contribution in [3.8, 4) is 0 Å². The molecule has 0 aliphatic carbocycles. The van der Waals surface area contributed by atoms with Gasteiger partial charge in [0.15, 0.2) is 5.79 Å². The molecule has 0 spiro atoms. The average Bonchev–Trinajstić information content (AvgIpc) is 2.21. The molecule has 1 aliphatic rings. The first-order chi connectivity index (χ1) is 7.08. The van der Waals surface area contributed by atoms with E-state index in [-0.39, 0.29) is 5.79 Å². The maximum Gasteiger partial charge on any atom is 0.184 e. The molecule has 5 nitrogen and oxygen atoms in total. The van der Waals surface area contributed by atoms with Crippen molar-refractivity contribution in [3.63, 3.8) is 0 Å². The van der Waals surface area contributed by atoms with E-state index in [0.717, 1.165) is 19.4 Å². The lowest BCUT2D eigenvalue weighted by molar-refractivity contribution is 0.271. The second-order valence-electron chi connectivity index (χ2n) is 4.06. The molecule has 1 unspecified atom stereocenters. The van der Waals surface area contributed by atoms with Gasteiger partial charge in [0.1, 0.15) is 0 Å². The number of aliphatic imine (C=N–C) groups is 1. The summed E-state index contributed by atoms with van der Waals surface area (Å²) in [6, 6.07) is 0. The molecule has 1 heterocycles. The maximum atomic E-state index is 5.60. The fraction of sp³-hybridized carbons (Fsp3) is 0.700. The Morgan fingerprint density at radius 2 is 2.33 bits per heavy atom. The summed E-state index contributed by atoms with van der Waals surface area (Å²) in [6.07, 6.45) is 5.50. The Balaban J connectivity index is 2.45. The van der Waals surface area contributed by atoms with Gasteiger partial charge >= 0.3 is 0 Å².